The molecule has 0 amide bonds. The summed E-state index contributed by atoms with van der Waals surface area (Å²) in [5, 5.41) is 4.63. The van der Waals surface area contributed by atoms with E-state index < -0.39 is 0 Å². The van der Waals surface area contributed by atoms with Crippen LogP contribution >= 0.6 is 0 Å². The topological polar surface area (TPSA) is 16.4 Å². The molecule has 2 heteroatoms. The smallest absolute Gasteiger partial charge is 0.137 e. The van der Waals surface area contributed by atoms with Gasteiger partial charge < -0.3 is 9.32 Å². The Morgan fingerprint density at radius 1 is 0.381 bits per heavy atom. The fourth-order valence-electron chi connectivity index (χ4n) is 6.11. The van der Waals surface area contributed by atoms with Crippen molar-refractivity contribution in [2.75, 3.05) is 4.90 Å². The molecule has 2 nitrogen and oxygen atoms in total. The van der Waals surface area contributed by atoms with Crippen LogP contribution in [-0.2, 0) is 0 Å². The zero-order valence-electron chi connectivity index (χ0n) is 22.9. The maximum Gasteiger partial charge on any atom is 0.137 e. The molecule has 7 aromatic carbocycles. The molecule has 0 unspecified atom stereocenters. The molecule has 1 heterocycles. The van der Waals surface area contributed by atoms with Gasteiger partial charge in [-0.2, -0.15) is 0 Å². The van der Waals surface area contributed by atoms with Gasteiger partial charge in [0.1, 0.15) is 11.2 Å². The fourth-order valence-corrected chi connectivity index (χ4v) is 6.11. The summed E-state index contributed by atoms with van der Waals surface area (Å²) in [4.78, 5) is 2.39. The lowest BCUT2D eigenvalue weighted by molar-refractivity contribution is 0.669. The molecular formula is C40H27NO. The summed E-state index contributed by atoms with van der Waals surface area (Å²) in [6, 6.07) is 57.8. The van der Waals surface area contributed by atoms with Crippen molar-refractivity contribution in [3.63, 3.8) is 0 Å². The molecule has 0 atom stereocenters. The van der Waals surface area contributed by atoms with Crippen molar-refractivity contribution in [2.45, 2.75) is 0 Å². The number of anilines is 3. The first-order chi connectivity index (χ1) is 20.8. The van der Waals surface area contributed by atoms with Crippen LogP contribution in [0.25, 0.3) is 55.0 Å². The average molecular weight is 538 g/mol. The highest BCUT2D eigenvalue weighted by Gasteiger charge is 2.24. The van der Waals surface area contributed by atoms with Gasteiger partial charge >= 0.3 is 0 Å². The minimum absolute atomic E-state index is 0.873. The van der Waals surface area contributed by atoms with Gasteiger partial charge in [-0.3, -0.25) is 0 Å². The van der Waals surface area contributed by atoms with E-state index in [1.165, 1.54) is 21.9 Å². The fraction of sp³-hybridized carbons (Fsp3) is 0. The summed E-state index contributed by atoms with van der Waals surface area (Å²) >= 11 is 0. The molecule has 0 N–H and O–H groups in total. The predicted molar refractivity (Wildman–Crippen MR) is 177 cm³/mol. The van der Waals surface area contributed by atoms with Crippen molar-refractivity contribution in [1.82, 2.24) is 0 Å². The van der Waals surface area contributed by atoms with Crippen molar-refractivity contribution < 1.29 is 4.42 Å². The molecule has 0 aliphatic rings. The molecule has 8 rings (SSSR count). The quantitative estimate of drug-likeness (QED) is 0.217. The number of benzene rings is 7. The van der Waals surface area contributed by atoms with Crippen LogP contribution < -0.4 is 4.90 Å². The maximum absolute atomic E-state index is 6.56. The van der Waals surface area contributed by atoms with Crippen LogP contribution in [0, 0.1) is 0 Å². The summed E-state index contributed by atoms with van der Waals surface area (Å²) < 4.78 is 6.56. The van der Waals surface area contributed by atoms with Gasteiger partial charge in [-0.1, -0.05) is 121 Å². The Hall–Kier alpha value is -5.60. The molecular weight excluding hydrogens is 510 g/mol. The number of nitrogens with zero attached hydrogens (tertiary/aromatic N) is 1. The molecule has 0 fully saturated rings. The molecule has 0 aliphatic heterocycles. The largest absolute Gasteiger partial charge is 0.456 e. The Morgan fingerprint density at radius 2 is 0.929 bits per heavy atom. The lowest BCUT2D eigenvalue weighted by atomic mass is 9.95. The Kier molecular flexibility index (Phi) is 5.82. The second-order valence-corrected chi connectivity index (χ2v) is 10.5. The van der Waals surface area contributed by atoms with E-state index in [2.05, 4.69) is 169 Å². The van der Waals surface area contributed by atoms with E-state index in [4.69, 9.17) is 4.42 Å². The van der Waals surface area contributed by atoms with E-state index in [0.29, 0.717) is 0 Å². The Bertz CT molecular complexity index is 2160. The van der Waals surface area contributed by atoms with E-state index in [1.54, 1.807) is 0 Å². The Balaban J connectivity index is 1.48. The zero-order valence-corrected chi connectivity index (χ0v) is 22.9. The first kappa shape index (κ1) is 24.2. The number of furan rings is 1. The second kappa shape index (κ2) is 10.1. The van der Waals surface area contributed by atoms with Crippen molar-refractivity contribution in [3.8, 4) is 22.3 Å². The van der Waals surface area contributed by atoms with Gasteiger partial charge in [0.05, 0.1) is 11.1 Å². The van der Waals surface area contributed by atoms with Crippen molar-refractivity contribution >= 4 is 49.8 Å². The second-order valence-electron chi connectivity index (χ2n) is 10.5. The SMILES string of the molecule is c1ccc(-c2ccc(N(c3ccccc3)c3c(-c4ccccc4)ccc4oc5ccc6ccccc6c5c34)cc2)cc1. The van der Waals surface area contributed by atoms with Crippen LogP contribution in [-0.4, -0.2) is 0 Å². The molecule has 1 aromatic heterocycles. The van der Waals surface area contributed by atoms with Gasteiger partial charge in [-0.05, 0) is 69.9 Å². The van der Waals surface area contributed by atoms with E-state index in [0.717, 1.165) is 50.1 Å². The molecule has 0 saturated heterocycles. The highest BCUT2D eigenvalue weighted by atomic mass is 16.3. The molecule has 0 aliphatic carbocycles. The summed E-state index contributed by atoms with van der Waals surface area (Å²) in [7, 11) is 0. The summed E-state index contributed by atoms with van der Waals surface area (Å²) in [5.41, 5.74) is 9.74. The van der Waals surface area contributed by atoms with Crippen molar-refractivity contribution in [2.24, 2.45) is 0 Å². The third-order valence-corrected chi connectivity index (χ3v) is 8.06. The Labute approximate surface area is 244 Å². The van der Waals surface area contributed by atoms with Gasteiger partial charge in [-0.15, -0.1) is 0 Å². The molecule has 198 valence electrons. The van der Waals surface area contributed by atoms with Crippen LogP contribution in [0.5, 0.6) is 0 Å². The number of rotatable bonds is 5. The number of hydrogen-bond donors (Lipinski definition) is 0. The molecule has 0 bridgehead atoms. The molecule has 0 spiro atoms. The van der Waals surface area contributed by atoms with Crippen molar-refractivity contribution in [3.05, 3.63) is 164 Å². The van der Waals surface area contributed by atoms with Crippen LogP contribution in [0.2, 0.25) is 0 Å². The van der Waals surface area contributed by atoms with E-state index in [1.807, 2.05) is 0 Å². The normalized spacial score (nSPS) is 11.3. The van der Waals surface area contributed by atoms with Gasteiger partial charge in [-0.25, -0.2) is 0 Å². The first-order valence-electron chi connectivity index (χ1n) is 14.3. The first-order valence-corrected chi connectivity index (χ1v) is 14.3. The predicted octanol–water partition coefficient (Wildman–Crippen LogP) is 11.5. The zero-order chi connectivity index (χ0) is 27.9. The van der Waals surface area contributed by atoms with E-state index in [9.17, 15) is 0 Å². The molecule has 0 radical (unpaired) electrons. The number of hydrogen-bond acceptors (Lipinski definition) is 2. The van der Waals surface area contributed by atoms with Crippen molar-refractivity contribution in [1.29, 1.82) is 0 Å². The van der Waals surface area contributed by atoms with E-state index in [-0.39, 0.29) is 0 Å². The standard InChI is InChI=1S/C40H27NO/c1-4-12-28(13-5-1)29-20-23-33(24-21-29)41(32-17-8-3-9-18-32)40-35(30-14-6-2-7-15-30)25-27-37-39(40)38-34-19-11-10-16-31(34)22-26-36(38)42-37/h1-27H. The summed E-state index contributed by atoms with van der Waals surface area (Å²) in [6.45, 7) is 0. The Morgan fingerprint density at radius 3 is 1.67 bits per heavy atom. The number of para-hydroxylation sites is 1. The van der Waals surface area contributed by atoms with Crippen LogP contribution in [0.3, 0.4) is 0 Å². The van der Waals surface area contributed by atoms with Gasteiger partial charge in [0.15, 0.2) is 0 Å². The molecule has 0 saturated carbocycles. The van der Waals surface area contributed by atoms with Gasteiger partial charge in [0.2, 0.25) is 0 Å². The van der Waals surface area contributed by atoms with Gasteiger partial charge in [0.25, 0.3) is 0 Å². The van der Waals surface area contributed by atoms with E-state index >= 15 is 0 Å². The highest BCUT2D eigenvalue weighted by molar-refractivity contribution is 6.25. The summed E-state index contributed by atoms with van der Waals surface area (Å²) in [5.74, 6) is 0. The monoisotopic (exact) mass is 537 g/mol. The lowest BCUT2D eigenvalue weighted by Crippen LogP contribution is -2.11. The third kappa shape index (κ3) is 4.05. The maximum atomic E-state index is 6.56. The van der Waals surface area contributed by atoms with Gasteiger partial charge in [0, 0.05) is 22.3 Å². The van der Waals surface area contributed by atoms with Crippen LogP contribution in [0.4, 0.5) is 17.1 Å². The minimum atomic E-state index is 0.873. The highest BCUT2D eigenvalue weighted by Crippen LogP contribution is 2.49. The lowest BCUT2D eigenvalue weighted by Gasteiger charge is -2.29. The minimum Gasteiger partial charge on any atom is -0.456 e. The summed E-state index contributed by atoms with van der Waals surface area (Å²) in [6.07, 6.45) is 0. The number of fused-ring (bicyclic) bond motifs is 5. The third-order valence-electron chi connectivity index (χ3n) is 8.06. The van der Waals surface area contributed by atoms with Crippen LogP contribution in [0.15, 0.2) is 168 Å². The van der Waals surface area contributed by atoms with Crippen LogP contribution in [0.1, 0.15) is 0 Å². The molecule has 8 aromatic rings. The average Bonchev–Trinajstić information content (AvgIpc) is 3.46. The molecule has 42 heavy (non-hydrogen) atoms.